The highest BCUT2D eigenvalue weighted by Crippen LogP contribution is 2.39. The van der Waals surface area contributed by atoms with Crippen LogP contribution in [0.5, 0.6) is 0 Å². The second kappa shape index (κ2) is 37.8. The highest BCUT2D eigenvalue weighted by Gasteiger charge is 2.47. The Labute approximate surface area is 745 Å². The van der Waals surface area contributed by atoms with Crippen molar-refractivity contribution < 1.29 is 61.2 Å². The van der Waals surface area contributed by atoms with Gasteiger partial charge in [0.25, 0.3) is 11.8 Å². The molecule has 0 aliphatic carbocycles. The van der Waals surface area contributed by atoms with Crippen molar-refractivity contribution in [2.24, 2.45) is 0 Å². The van der Waals surface area contributed by atoms with E-state index in [1.807, 2.05) is 82.1 Å². The Morgan fingerprint density at radius 3 is 1.40 bits per heavy atom. The first-order valence-corrected chi connectivity index (χ1v) is 43.1. The molecule has 0 spiro atoms. The van der Waals surface area contributed by atoms with Crippen LogP contribution in [0.15, 0.2) is 158 Å². The number of carbonyl (C=O) groups is 5. The number of pyridine rings is 2. The predicted molar refractivity (Wildman–Crippen MR) is 471 cm³/mol. The minimum Gasteiger partial charge on any atom is -0.443 e. The number of nitriles is 2. The van der Waals surface area contributed by atoms with Crippen molar-refractivity contribution in [2.45, 2.75) is 128 Å². The van der Waals surface area contributed by atoms with E-state index in [1.165, 1.54) is 64.3 Å². The number of nitrogens with zero attached hydrogens (tertiary/aromatic N) is 21. The molecule has 8 atom stereocenters. The first kappa shape index (κ1) is 88.8. The molecule has 10 aliphatic heterocycles. The van der Waals surface area contributed by atoms with Gasteiger partial charge in [0.05, 0.1) is 180 Å². The molecule has 8 saturated heterocycles. The normalized spacial score (nSPS) is 21.9. The van der Waals surface area contributed by atoms with Gasteiger partial charge in [-0.2, -0.15) is 30.9 Å². The molecule has 10 aromatic rings. The molecule has 33 nitrogen and oxygen atoms in total. The van der Waals surface area contributed by atoms with Gasteiger partial charge in [0.2, 0.25) is 5.91 Å². The zero-order chi connectivity index (χ0) is 90.0. The summed E-state index contributed by atoms with van der Waals surface area (Å²) in [6.45, 7) is 23.9. The first-order valence-electron chi connectivity index (χ1n) is 42.7. The van der Waals surface area contributed by atoms with Crippen molar-refractivity contribution in [3.8, 4) is 40.3 Å². The summed E-state index contributed by atoms with van der Waals surface area (Å²) in [6.07, 6.45) is 6.79. The van der Waals surface area contributed by atoms with Crippen LogP contribution >= 0.6 is 11.6 Å². The van der Waals surface area contributed by atoms with Gasteiger partial charge in [-0.25, -0.2) is 42.8 Å². The molecule has 36 heteroatoms. The fourth-order valence-electron chi connectivity index (χ4n) is 17.6. The summed E-state index contributed by atoms with van der Waals surface area (Å²) in [5.41, 5.74) is 2.43. The number of ether oxygens (including phenoxy) is 6. The maximum atomic E-state index is 15.1. The third-order valence-electron chi connectivity index (χ3n) is 24.2. The molecule has 5 amide bonds. The topological polar surface area (TPSA) is 329 Å². The van der Waals surface area contributed by atoms with E-state index in [9.17, 15) is 38.9 Å². The van der Waals surface area contributed by atoms with Crippen molar-refractivity contribution in [3.63, 3.8) is 0 Å². The van der Waals surface area contributed by atoms with Crippen LogP contribution < -0.4 is 19.6 Å². The van der Waals surface area contributed by atoms with E-state index in [1.54, 1.807) is 53.9 Å². The van der Waals surface area contributed by atoms with Crippen LogP contribution in [-0.2, 0) is 59.4 Å². The second-order valence-corrected chi connectivity index (χ2v) is 35.5. The molecule has 0 bridgehead atoms. The number of likely N-dealkylation sites (N-methyl/N-ethyl adjacent to an activating group) is 4. The van der Waals surface area contributed by atoms with E-state index in [0.29, 0.717) is 48.9 Å². The second-order valence-electron chi connectivity index (χ2n) is 35.1. The minimum atomic E-state index is -0.815. The van der Waals surface area contributed by atoms with Gasteiger partial charge in [0, 0.05) is 122 Å². The monoisotopic (exact) mass is 1760 g/mol. The molecule has 6 aromatic heterocycles. The van der Waals surface area contributed by atoms with Gasteiger partial charge in [-0.3, -0.25) is 43.5 Å². The Hall–Kier alpha value is -12.6. The summed E-state index contributed by atoms with van der Waals surface area (Å²) in [6, 6.07) is 45.2. The summed E-state index contributed by atoms with van der Waals surface area (Å²) in [5, 5.41) is 40.1. The lowest BCUT2D eigenvalue weighted by Gasteiger charge is -2.33. The summed E-state index contributed by atoms with van der Waals surface area (Å²) < 4.78 is 68.9. The van der Waals surface area contributed by atoms with Crippen LogP contribution in [0.2, 0.25) is 5.02 Å². The van der Waals surface area contributed by atoms with E-state index >= 15 is 4.39 Å². The van der Waals surface area contributed by atoms with Gasteiger partial charge in [-0.05, 0) is 110 Å². The maximum absolute atomic E-state index is 15.1. The average Bonchev–Trinajstić information content (AvgIpc) is 1.63. The zero-order valence-electron chi connectivity index (χ0n) is 73.1. The number of halogens is 3. The third-order valence-corrected chi connectivity index (χ3v) is 24.5. The molecule has 0 saturated carbocycles. The Morgan fingerprint density at radius 2 is 0.938 bits per heavy atom. The van der Waals surface area contributed by atoms with Crippen LogP contribution in [-0.4, -0.2) is 295 Å². The number of H-pyrrole nitrogens is 1. The molecule has 20 rings (SSSR count). The molecule has 10 aliphatic rings. The molecule has 0 radical (unpaired) electrons. The van der Waals surface area contributed by atoms with Crippen molar-refractivity contribution in [1.82, 2.24) is 78.9 Å². The summed E-state index contributed by atoms with van der Waals surface area (Å²) >= 11 is 6.23. The molecule has 668 valence electrons. The standard InChI is InChI=1S/C29H30FN7O4.C19H15ClFN3O3.C17H20N4O2.C17H22N4O.C10H16N4O/c1-29(2,3)41-28(39)36-14-20-26(27(36)38)21(12-19(32-20)25-17(13-31)6-5-7-18(25)30)37-9-8-24(33-37)35-15-22-23(16-35)40-11-10-34(22)4;1-19(2,3)27-18(26)24-9-14-16(17(24)25)11(20)7-13(23-14)15-10(8-22)5-4-6-12(15)21;1-19-14-10-20(11-15(14)23-12-17(19)22)16-7-8-21(18-16)9-13-5-3-2-4-6-13;1-19-9-10-22-16-13-20(12-15(16)19)17-7-8-21(18-17)11-14-5-3-2-4-6-14;1-13-4-5-15-9-7-14(6-8(9)13)10-2-3-11-12-10/h5-9,12,22-23H,10-11,14-16H2,1-4H3;4-7H,9H2,1-3H3;2-8,14-15H,9-12H2,1H3;2-8,15-16H,9-13H2,1H3;2-3,8-9H,4-7H2,1H3,(H,11,12)/t22-,23?;;14-,15+;15-,16?;8-,9?/m0.000/s1. The Morgan fingerprint density at radius 1 is 0.508 bits per heavy atom. The number of amides is 5. The van der Waals surface area contributed by atoms with E-state index < -0.39 is 46.8 Å². The van der Waals surface area contributed by atoms with E-state index in [-0.39, 0.29) is 111 Å². The number of hydrogen-bond donors (Lipinski definition) is 1. The number of aromatic nitrogens is 10. The zero-order valence-corrected chi connectivity index (χ0v) is 73.8. The number of aromatic amines is 1. The van der Waals surface area contributed by atoms with E-state index in [4.69, 9.17) is 50.2 Å². The number of rotatable bonds is 11. The minimum absolute atomic E-state index is 0.00660. The number of nitrogens with one attached hydrogen (secondary N) is 1. The van der Waals surface area contributed by atoms with Gasteiger partial charge >= 0.3 is 12.2 Å². The number of anilines is 4. The number of hydrogen-bond acceptors (Lipinski definition) is 26. The molecule has 16 heterocycles. The van der Waals surface area contributed by atoms with Crippen molar-refractivity contribution >= 4 is 64.8 Å². The largest absolute Gasteiger partial charge is 0.443 e. The maximum Gasteiger partial charge on any atom is 0.417 e. The lowest BCUT2D eigenvalue weighted by atomic mass is 10.0. The SMILES string of the molecule is CC(C)(C)OC(=O)N1Cc2nc(-c3c(F)cccc3C#N)cc(Cl)c2C1=O.CN1C(=O)CO[C@@H]2CN(c3ccn(Cc4ccccc4)n3)C[C@@H]21.CN1CCOC2CN(c3ccn(-c4cc(-c5c(F)cccc5C#N)nc5c4C(=O)N(C(=O)OC(C)(C)C)C5)n3)C[C@@H]21.CN1CCOC2CN(c3ccn(Cc4ccccc4)n3)C[C@@H]21.CN1CCOC2CN(c3ccn[nH]3)C[C@@H]21. The van der Waals surface area contributed by atoms with Crippen LogP contribution in [0, 0.1) is 34.3 Å². The fraction of sp³-hybridized carbons (Fsp3) is 0.424. The molecule has 1 N–H and O–H groups in total. The Kier molecular flexibility index (Phi) is 26.2. The van der Waals surface area contributed by atoms with Crippen LogP contribution in [0.3, 0.4) is 0 Å². The Bertz CT molecular complexity index is 5800. The summed E-state index contributed by atoms with van der Waals surface area (Å²) in [5.74, 6) is 1.38. The van der Waals surface area contributed by atoms with Crippen molar-refractivity contribution in [1.29, 1.82) is 10.5 Å². The quantitative estimate of drug-likeness (QED) is 0.126. The van der Waals surface area contributed by atoms with Gasteiger partial charge < -0.3 is 52.9 Å². The molecule has 4 aromatic carbocycles. The Balaban J connectivity index is 0.000000122. The third kappa shape index (κ3) is 19.6. The lowest BCUT2D eigenvalue weighted by molar-refractivity contribution is -0.150. The average molecular weight is 1770 g/mol. The van der Waals surface area contributed by atoms with Gasteiger partial charge in [0.1, 0.15) is 35.3 Å². The summed E-state index contributed by atoms with van der Waals surface area (Å²) in [4.78, 5) is 91.7. The van der Waals surface area contributed by atoms with Crippen LogP contribution in [0.1, 0.15) is 95.9 Å². The van der Waals surface area contributed by atoms with Crippen LogP contribution in [0.4, 0.5) is 41.6 Å². The molecular weight excluding hydrogens is 1660 g/mol. The smallest absolute Gasteiger partial charge is 0.417 e. The number of benzene rings is 4. The number of carbonyl (C=O) groups excluding carboxylic acids is 5. The predicted octanol–water partition coefficient (Wildman–Crippen LogP) is 10.0. The van der Waals surface area contributed by atoms with Crippen molar-refractivity contribution in [2.75, 3.05) is 146 Å². The molecule has 8 fully saturated rings. The number of morpholine rings is 4. The van der Waals surface area contributed by atoms with E-state index in [0.717, 1.165) is 119 Å². The molecular formula is C92H103ClF2N22O11. The van der Waals surface area contributed by atoms with E-state index in [2.05, 4.69) is 129 Å². The van der Waals surface area contributed by atoms with Gasteiger partial charge in [-0.15, -0.1) is 0 Å². The van der Waals surface area contributed by atoms with Crippen molar-refractivity contribution in [3.05, 3.63) is 220 Å². The molecule has 3 unspecified atom stereocenters. The number of imide groups is 2. The van der Waals surface area contributed by atoms with Gasteiger partial charge in [-0.1, -0.05) is 84.4 Å². The van der Waals surface area contributed by atoms with Crippen LogP contribution in [0.25, 0.3) is 28.2 Å². The first-order chi connectivity index (χ1) is 61.5. The number of fused-ring (bicyclic) bond motifs is 6. The highest BCUT2D eigenvalue weighted by atomic mass is 35.5. The highest BCUT2D eigenvalue weighted by molar-refractivity contribution is 6.35. The summed E-state index contributed by atoms with van der Waals surface area (Å²) in [7, 11) is 8.32. The van der Waals surface area contributed by atoms with Gasteiger partial charge in [0.15, 0.2) is 17.5 Å². The lowest BCUT2D eigenvalue weighted by Crippen LogP contribution is -2.51. The fourth-order valence-corrected chi connectivity index (χ4v) is 17.8. The molecule has 128 heavy (non-hydrogen) atoms.